The van der Waals surface area contributed by atoms with Gasteiger partial charge in [-0.15, -0.1) is 11.3 Å². The largest absolute Gasteiger partial charge is 0.373 e. The summed E-state index contributed by atoms with van der Waals surface area (Å²) in [7, 11) is 3.58. The fourth-order valence-electron chi connectivity index (χ4n) is 1.70. The van der Waals surface area contributed by atoms with Crippen LogP contribution in [0.4, 0.5) is 5.82 Å². The third-order valence-corrected chi connectivity index (χ3v) is 4.20. The number of carbonyl (C=O) groups excluding carboxylic acids is 1. The van der Waals surface area contributed by atoms with E-state index in [4.69, 9.17) is 0 Å². The van der Waals surface area contributed by atoms with Crippen molar-refractivity contribution in [1.29, 1.82) is 0 Å². The second kappa shape index (κ2) is 6.16. The van der Waals surface area contributed by atoms with Gasteiger partial charge in [-0.3, -0.25) is 4.79 Å². The number of thiophene rings is 1. The minimum Gasteiger partial charge on any atom is -0.373 e. The Hall–Kier alpha value is -1.40. The molecule has 19 heavy (non-hydrogen) atoms. The molecule has 6 heteroatoms. The summed E-state index contributed by atoms with van der Waals surface area (Å²) in [6.45, 7) is 0.595. The molecule has 2 aromatic rings. The number of hydrogen-bond donors (Lipinski definition) is 1. The zero-order chi connectivity index (χ0) is 13.8. The molecule has 2 rings (SSSR count). The average Bonchev–Trinajstić information content (AvgIpc) is 2.83. The quantitative estimate of drug-likeness (QED) is 0.930. The molecule has 0 saturated heterocycles. The smallest absolute Gasteiger partial charge is 0.254 e. The van der Waals surface area contributed by atoms with E-state index in [2.05, 4.69) is 26.2 Å². The molecule has 0 aliphatic heterocycles. The van der Waals surface area contributed by atoms with Crippen molar-refractivity contribution < 1.29 is 4.79 Å². The number of rotatable bonds is 4. The number of aromatic nitrogens is 1. The van der Waals surface area contributed by atoms with Crippen molar-refractivity contribution in [1.82, 2.24) is 9.88 Å². The highest BCUT2D eigenvalue weighted by atomic mass is 79.9. The van der Waals surface area contributed by atoms with Crippen LogP contribution in [0, 0.1) is 0 Å². The Balaban J connectivity index is 2.09. The van der Waals surface area contributed by atoms with Gasteiger partial charge in [-0.2, -0.15) is 0 Å². The van der Waals surface area contributed by atoms with E-state index in [1.807, 2.05) is 11.4 Å². The minimum atomic E-state index is -0.0128. The Morgan fingerprint density at radius 1 is 1.53 bits per heavy atom. The first-order valence-corrected chi connectivity index (χ1v) is 7.39. The number of halogens is 1. The Labute approximate surface area is 124 Å². The van der Waals surface area contributed by atoms with Gasteiger partial charge in [-0.05, 0) is 45.1 Å². The van der Waals surface area contributed by atoms with E-state index in [1.54, 1.807) is 48.7 Å². The van der Waals surface area contributed by atoms with Crippen molar-refractivity contribution in [2.45, 2.75) is 6.54 Å². The van der Waals surface area contributed by atoms with Gasteiger partial charge in [-0.1, -0.05) is 0 Å². The van der Waals surface area contributed by atoms with Crippen LogP contribution in [0.15, 0.2) is 33.6 Å². The van der Waals surface area contributed by atoms with Crippen molar-refractivity contribution in [3.8, 4) is 0 Å². The van der Waals surface area contributed by atoms with Crippen LogP contribution >= 0.6 is 27.3 Å². The van der Waals surface area contributed by atoms with Crippen LogP contribution in [0.3, 0.4) is 0 Å². The molecule has 100 valence electrons. The van der Waals surface area contributed by atoms with Crippen molar-refractivity contribution in [2.75, 3.05) is 19.4 Å². The Kier molecular flexibility index (Phi) is 4.55. The Bertz CT molecular complexity index is 585. The molecule has 4 nitrogen and oxygen atoms in total. The lowest BCUT2D eigenvalue weighted by molar-refractivity contribution is 0.0785. The summed E-state index contributed by atoms with van der Waals surface area (Å²) in [6, 6.07) is 5.51. The highest BCUT2D eigenvalue weighted by molar-refractivity contribution is 9.11. The Morgan fingerprint density at radius 2 is 2.32 bits per heavy atom. The van der Waals surface area contributed by atoms with E-state index in [-0.39, 0.29) is 5.91 Å². The third-order valence-electron chi connectivity index (χ3n) is 2.65. The van der Waals surface area contributed by atoms with Gasteiger partial charge < -0.3 is 10.2 Å². The highest BCUT2D eigenvalue weighted by Crippen LogP contribution is 2.22. The lowest BCUT2D eigenvalue weighted by Gasteiger charge is -2.16. The number of nitrogens with zero attached hydrogens (tertiary/aromatic N) is 2. The summed E-state index contributed by atoms with van der Waals surface area (Å²) >= 11 is 5.04. The highest BCUT2D eigenvalue weighted by Gasteiger charge is 2.13. The van der Waals surface area contributed by atoms with Crippen LogP contribution < -0.4 is 5.32 Å². The molecule has 0 fully saturated rings. The summed E-state index contributed by atoms with van der Waals surface area (Å²) in [5.41, 5.74) is 1.76. The number of hydrogen-bond acceptors (Lipinski definition) is 4. The maximum absolute atomic E-state index is 12.3. The van der Waals surface area contributed by atoms with Crippen molar-refractivity contribution in [2.24, 2.45) is 0 Å². The summed E-state index contributed by atoms with van der Waals surface area (Å²) in [4.78, 5) is 18.1. The van der Waals surface area contributed by atoms with Crippen LogP contribution in [-0.4, -0.2) is 29.9 Å². The maximum Gasteiger partial charge on any atom is 0.254 e. The number of anilines is 1. The molecular weight excluding hydrogens is 326 g/mol. The maximum atomic E-state index is 12.3. The minimum absolute atomic E-state index is 0.0128. The van der Waals surface area contributed by atoms with Crippen LogP contribution in [0.2, 0.25) is 0 Å². The van der Waals surface area contributed by atoms with Gasteiger partial charge in [0, 0.05) is 32.4 Å². The standard InChI is InChI=1S/C13H14BrN3OS/c1-15-12-6-10(3-4-16-12)13(18)17(2)7-9-5-11(14)19-8-9/h3-6,8H,7H2,1-2H3,(H,15,16). The van der Waals surface area contributed by atoms with Gasteiger partial charge in [-0.25, -0.2) is 4.98 Å². The van der Waals surface area contributed by atoms with Gasteiger partial charge >= 0.3 is 0 Å². The molecule has 0 atom stereocenters. The van der Waals surface area contributed by atoms with Crippen LogP contribution in [0.5, 0.6) is 0 Å². The lowest BCUT2D eigenvalue weighted by Crippen LogP contribution is -2.26. The molecule has 2 heterocycles. The van der Waals surface area contributed by atoms with Crippen LogP contribution in [-0.2, 0) is 6.54 Å². The van der Waals surface area contributed by atoms with E-state index < -0.39 is 0 Å². The van der Waals surface area contributed by atoms with Gasteiger partial charge in [0.1, 0.15) is 5.82 Å². The average molecular weight is 340 g/mol. The predicted molar refractivity (Wildman–Crippen MR) is 81.6 cm³/mol. The summed E-state index contributed by atoms with van der Waals surface area (Å²) in [5, 5.41) is 4.97. The molecule has 0 aliphatic rings. The predicted octanol–water partition coefficient (Wildman–Crippen LogP) is 3.22. The number of carbonyl (C=O) groups is 1. The monoisotopic (exact) mass is 339 g/mol. The molecule has 0 unspecified atom stereocenters. The van der Waals surface area contributed by atoms with Crippen molar-refractivity contribution >= 4 is 39.0 Å². The van der Waals surface area contributed by atoms with E-state index >= 15 is 0 Å². The first-order valence-electron chi connectivity index (χ1n) is 5.72. The van der Waals surface area contributed by atoms with Gasteiger partial charge in [0.2, 0.25) is 0 Å². The van der Waals surface area contributed by atoms with E-state index in [1.165, 1.54) is 0 Å². The summed E-state index contributed by atoms with van der Waals surface area (Å²) < 4.78 is 1.07. The molecule has 0 aliphatic carbocycles. The van der Waals surface area contributed by atoms with Crippen molar-refractivity contribution in [3.63, 3.8) is 0 Å². The molecular formula is C13H14BrN3OS. The van der Waals surface area contributed by atoms with Gasteiger partial charge in [0.05, 0.1) is 3.79 Å². The van der Waals surface area contributed by atoms with Crippen molar-refractivity contribution in [3.05, 3.63) is 44.7 Å². The zero-order valence-corrected chi connectivity index (χ0v) is 13.1. The molecule has 0 radical (unpaired) electrons. The number of amides is 1. The second-order valence-corrected chi connectivity index (χ2v) is 6.39. The second-order valence-electron chi connectivity index (χ2n) is 4.10. The molecule has 0 saturated carbocycles. The number of pyridine rings is 1. The Morgan fingerprint density at radius 3 is 2.95 bits per heavy atom. The normalized spacial score (nSPS) is 10.3. The number of nitrogens with one attached hydrogen (secondary N) is 1. The molecule has 0 bridgehead atoms. The topological polar surface area (TPSA) is 45.2 Å². The summed E-state index contributed by atoms with van der Waals surface area (Å²) in [5.74, 6) is 0.679. The lowest BCUT2D eigenvalue weighted by atomic mass is 10.2. The SMILES string of the molecule is CNc1cc(C(=O)N(C)Cc2csc(Br)c2)ccn1. The van der Waals surface area contributed by atoms with E-state index in [9.17, 15) is 4.79 Å². The molecule has 1 N–H and O–H groups in total. The third kappa shape index (κ3) is 3.54. The fourth-order valence-corrected chi connectivity index (χ4v) is 2.90. The van der Waals surface area contributed by atoms with E-state index in [0.717, 1.165) is 9.35 Å². The molecule has 0 aromatic carbocycles. The van der Waals surface area contributed by atoms with E-state index in [0.29, 0.717) is 17.9 Å². The first kappa shape index (κ1) is 14.0. The first-order chi connectivity index (χ1) is 9.10. The zero-order valence-electron chi connectivity index (χ0n) is 10.7. The van der Waals surface area contributed by atoms with Gasteiger partial charge in [0.15, 0.2) is 0 Å². The van der Waals surface area contributed by atoms with Crippen LogP contribution in [0.25, 0.3) is 0 Å². The molecule has 2 aromatic heterocycles. The summed E-state index contributed by atoms with van der Waals surface area (Å²) in [6.07, 6.45) is 1.63. The van der Waals surface area contributed by atoms with Gasteiger partial charge in [0.25, 0.3) is 5.91 Å². The molecule has 1 amide bonds. The molecule has 0 spiro atoms. The fraction of sp³-hybridized carbons (Fsp3) is 0.231. The van der Waals surface area contributed by atoms with Crippen LogP contribution in [0.1, 0.15) is 15.9 Å².